The Morgan fingerprint density at radius 1 is 1.42 bits per heavy atom. The van der Waals surface area contributed by atoms with Gasteiger partial charge < -0.3 is 4.74 Å². The molecule has 0 aromatic heterocycles. The van der Waals surface area contributed by atoms with Gasteiger partial charge in [-0.3, -0.25) is 4.90 Å². The van der Waals surface area contributed by atoms with Gasteiger partial charge in [-0.1, -0.05) is 6.92 Å². The zero-order chi connectivity index (χ0) is 8.77. The molecule has 1 heterocycles. The van der Waals surface area contributed by atoms with Crippen molar-refractivity contribution in [2.45, 2.75) is 44.9 Å². The number of nitrogens with zero attached hydrogens (tertiary/aromatic N) is 1. The number of likely N-dealkylation sites (N-methyl/N-ethyl adjacent to an activating group) is 1. The molecule has 0 N–H and O–H groups in total. The molecular weight excluding hydrogens is 150 g/mol. The molecular formula is C10H19NO. The van der Waals surface area contributed by atoms with Crippen LogP contribution in [0.25, 0.3) is 0 Å². The monoisotopic (exact) mass is 169 g/mol. The van der Waals surface area contributed by atoms with Crippen molar-refractivity contribution in [3.63, 3.8) is 0 Å². The second-order valence-electron chi connectivity index (χ2n) is 4.45. The van der Waals surface area contributed by atoms with Gasteiger partial charge in [-0.25, -0.2) is 0 Å². The van der Waals surface area contributed by atoms with Gasteiger partial charge in [0.15, 0.2) is 0 Å². The van der Waals surface area contributed by atoms with Gasteiger partial charge >= 0.3 is 0 Å². The molecule has 70 valence electrons. The predicted molar refractivity (Wildman–Crippen MR) is 48.9 cm³/mol. The molecule has 2 heteroatoms. The summed E-state index contributed by atoms with van der Waals surface area (Å²) in [7, 11) is 2.20. The fourth-order valence-corrected chi connectivity index (χ4v) is 2.89. The summed E-state index contributed by atoms with van der Waals surface area (Å²) in [6, 6.07) is 0. The Kier molecular flexibility index (Phi) is 1.92. The first kappa shape index (κ1) is 8.52. The number of rotatable bonds is 0. The summed E-state index contributed by atoms with van der Waals surface area (Å²) >= 11 is 0. The molecule has 0 unspecified atom stereocenters. The van der Waals surface area contributed by atoms with Crippen molar-refractivity contribution in [3.8, 4) is 0 Å². The molecule has 2 rings (SSSR count). The molecule has 0 amide bonds. The summed E-state index contributed by atoms with van der Waals surface area (Å²) in [6.07, 6.45) is 4.32. The predicted octanol–water partition coefficient (Wildman–Crippen LogP) is 1.85. The van der Waals surface area contributed by atoms with Gasteiger partial charge in [0.1, 0.15) is 5.72 Å². The minimum Gasteiger partial charge on any atom is -0.356 e. The van der Waals surface area contributed by atoms with Gasteiger partial charge in [0.05, 0.1) is 6.10 Å². The van der Waals surface area contributed by atoms with E-state index in [-0.39, 0.29) is 5.72 Å². The maximum atomic E-state index is 6.06. The van der Waals surface area contributed by atoms with Crippen LogP contribution in [0.15, 0.2) is 0 Å². The normalized spacial score (nSPS) is 49.2. The Morgan fingerprint density at radius 2 is 2.17 bits per heavy atom. The highest BCUT2D eigenvalue weighted by atomic mass is 16.5. The van der Waals surface area contributed by atoms with E-state index in [4.69, 9.17) is 4.74 Å². The van der Waals surface area contributed by atoms with E-state index in [1.165, 1.54) is 19.3 Å². The fourth-order valence-electron chi connectivity index (χ4n) is 2.89. The molecule has 2 fully saturated rings. The highest BCUT2D eigenvalue weighted by Gasteiger charge is 2.49. The maximum absolute atomic E-state index is 6.06. The van der Waals surface area contributed by atoms with Crippen LogP contribution >= 0.6 is 0 Å². The first-order valence-electron chi connectivity index (χ1n) is 5.04. The van der Waals surface area contributed by atoms with Crippen LogP contribution < -0.4 is 0 Å². The zero-order valence-corrected chi connectivity index (χ0v) is 8.34. The van der Waals surface area contributed by atoms with Gasteiger partial charge in [0.25, 0.3) is 0 Å². The molecule has 0 aromatic rings. The van der Waals surface area contributed by atoms with E-state index in [9.17, 15) is 0 Å². The lowest BCUT2D eigenvalue weighted by atomic mass is 10.0. The molecule has 1 spiro atoms. The van der Waals surface area contributed by atoms with E-state index in [1.54, 1.807) is 0 Å². The quantitative estimate of drug-likeness (QED) is 0.549. The smallest absolute Gasteiger partial charge is 0.124 e. The highest BCUT2D eigenvalue weighted by molar-refractivity contribution is 4.95. The van der Waals surface area contributed by atoms with Crippen molar-refractivity contribution < 1.29 is 4.74 Å². The topological polar surface area (TPSA) is 12.5 Å². The van der Waals surface area contributed by atoms with E-state index in [0.717, 1.165) is 6.54 Å². The molecule has 12 heavy (non-hydrogen) atoms. The number of ether oxygens (including phenoxy) is 1. The second-order valence-corrected chi connectivity index (χ2v) is 4.45. The van der Waals surface area contributed by atoms with Crippen molar-refractivity contribution >= 4 is 0 Å². The van der Waals surface area contributed by atoms with Crippen molar-refractivity contribution in [2.24, 2.45) is 5.92 Å². The minimum atomic E-state index is 0.111. The van der Waals surface area contributed by atoms with Crippen molar-refractivity contribution in [1.82, 2.24) is 4.90 Å². The van der Waals surface area contributed by atoms with E-state index in [2.05, 4.69) is 25.8 Å². The molecule has 1 saturated heterocycles. The van der Waals surface area contributed by atoms with Gasteiger partial charge in [-0.15, -0.1) is 0 Å². The van der Waals surface area contributed by atoms with Gasteiger partial charge in [0, 0.05) is 6.54 Å². The molecule has 1 saturated carbocycles. The van der Waals surface area contributed by atoms with Crippen LogP contribution in [0.5, 0.6) is 0 Å². The Labute approximate surface area is 74.9 Å². The summed E-state index contributed by atoms with van der Waals surface area (Å²) in [5.41, 5.74) is 0.111. The van der Waals surface area contributed by atoms with E-state index < -0.39 is 0 Å². The average Bonchev–Trinajstić information content (AvgIpc) is 2.44. The standard InChI is InChI=1S/C10H19NO/c1-8-5-4-6-10(8)11(3)7-9(2)12-10/h8-9H,4-7H2,1-3H3/t8-,9+,10-/m1/s1. The maximum Gasteiger partial charge on any atom is 0.124 e. The first-order valence-corrected chi connectivity index (χ1v) is 5.04. The second kappa shape index (κ2) is 2.71. The fraction of sp³-hybridized carbons (Fsp3) is 1.00. The minimum absolute atomic E-state index is 0.111. The molecule has 3 atom stereocenters. The van der Waals surface area contributed by atoms with Gasteiger partial charge in [-0.2, -0.15) is 0 Å². The van der Waals surface area contributed by atoms with Crippen LogP contribution in [-0.2, 0) is 4.74 Å². The summed E-state index contributed by atoms with van der Waals surface area (Å²) in [4.78, 5) is 2.41. The lowest BCUT2D eigenvalue weighted by Gasteiger charge is -2.34. The lowest BCUT2D eigenvalue weighted by molar-refractivity contribution is -0.114. The molecule has 0 radical (unpaired) electrons. The summed E-state index contributed by atoms with van der Waals surface area (Å²) in [5, 5.41) is 0. The van der Waals surface area contributed by atoms with Gasteiger partial charge in [0.2, 0.25) is 0 Å². The Hall–Kier alpha value is -0.0800. The van der Waals surface area contributed by atoms with E-state index in [0.29, 0.717) is 12.0 Å². The Bertz CT molecular complexity index is 183. The Balaban J connectivity index is 2.19. The summed E-state index contributed by atoms with van der Waals surface area (Å²) in [6.45, 7) is 5.60. The van der Waals surface area contributed by atoms with Crippen molar-refractivity contribution in [3.05, 3.63) is 0 Å². The van der Waals surface area contributed by atoms with Crippen molar-refractivity contribution in [2.75, 3.05) is 13.6 Å². The van der Waals surface area contributed by atoms with E-state index in [1.807, 2.05) is 0 Å². The van der Waals surface area contributed by atoms with Crippen LogP contribution in [0.1, 0.15) is 33.1 Å². The van der Waals surface area contributed by atoms with Gasteiger partial charge in [-0.05, 0) is 39.2 Å². The Morgan fingerprint density at radius 3 is 2.58 bits per heavy atom. The molecule has 1 aliphatic carbocycles. The molecule has 2 aliphatic rings. The average molecular weight is 169 g/mol. The van der Waals surface area contributed by atoms with Crippen molar-refractivity contribution in [1.29, 1.82) is 0 Å². The molecule has 1 aliphatic heterocycles. The third-order valence-electron chi connectivity index (χ3n) is 3.52. The van der Waals surface area contributed by atoms with Crippen LogP contribution in [0.3, 0.4) is 0 Å². The van der Waals surface area contributed by atoms with Crippen LogP contribution in [0, 0.1) is 5.92 Å². The number of hydrogen-bond donors (Lipinski definition) is 0. The van der Waals surface area contributed by atoms with Crippen LogP contribution in [0.4, 0.5) is 0 Å². The van der Waals surface area contributed by atoms with E-state index >= 15 is 0 Å². The molecule has 0 bridgehead atoms. The lowest BCUT2D eigenvalue weighted by Crippen LogP contribution is -2.44. The molecule has 2 nitrogen and oxygen atoms in total. The third-order valence-corrected chi connectivity index (χ3v) is 3.52. The summed E-state index contributed by atoms with van der Waals surface area (Å²) < 4.78 is 6.06. The third kappa shape index (κ3) is 1.01. The number of hydrogen-bond acceptors (Lipinski definition) is 2. The largest absolute Gasteiger partial charge is 0.356 e. The van der Waals surface area contributed by atoms with Crippen LogP contribution in [-0.4, -0.2) is 30.3 Å². The zero-order valence-electron chi connectivity index (χ0n) is 8.34. The highest BCUT2D eigenvalue weighted by Crippen LogP contribution is 2.44. The molecule has 0 aromatic carbocycles. The van der Waals surface area contributed by atoms with Crippen LogP contribution in [0.2, 0.25) is 0 Å². The summed E-state index contributed by atoms with van der Waals surface area (Å²) in [5.74, 6) is 0.715. The SMILES string of the molecule is C[C@@H]1CCC[C@@]12O[C@@H](C)CN2C. The first-order chi connectivity index (χ1) is 5.65.